The summed E-state index contributed by atoms with van der Waals surface area (Å²) >= 11 is 5.59. The molecule has 34 heteroatoms. The fourth-order valence-electron chi connectivity index (χ4n) is 9.15. The predicted octanol–water partition coefficient (Wildman–Crippen LogP) is 5.15. The molecule has 1 N–H and O–H groups in total. The molecule has 0 fully saturated rings. The monoisotopic (exact) mass is 1300 g/mol. The zero-order valence-electron chi connectivity index (χ0n) is 48.7. The van der Waals surface area contributed by atoms with Crippen LogP contribution in [0.4, 0.5) is 31.1 Å². The van der Waals surface area contributed by atoms with E-state index in [0.29, 0.717) is 35.2 Å². The third kappa shape index (κ3) is 16.5. The van der Waals surface area contributed by atoms with E-state index in [4.69, 9.17) is 21.1 Å². The van der Waals surface area contributed by atoms with E-state index in [2.05, 4.69) is 30.1 Å². The minimum Gasteiger partial charge on any atom is -0.870 e. The third-order valence-electron chi connectivity index (χ3n) is 13.1. The SMILES string of the molecule is C.C.CCCn1c(=O)c2c(nc(-c3cnn(Cc4cccc(C(F)(F)F)c4)c3)n2C(=O)OCCl)n(CC)c1=O.CCCn1c(=O)c2c(nc(-c3cnn(Cc4cccc(C(F)(F)F)c4)c3)n2COC(=O)c2cn(C)cn2)n(CC)c1=O.Cn1cnc([C-]=O)c1.[Na+].[OH-]. The van der Waals surface area contributed by atoms with Crippen LogP contribution in [0.5, 0.6) is 0 Å². The van der Waals surface area contributed by atoms with Gasteiger partial charge in [-0.2, -0.15) is 36.5 Å². The normalized spacial score (nSPS) is 11.1. The number of carbonyl (C=O) groups excluding carboxylic acids is 3. The summed E-state index contributed by atoms with van der Waals surface area (Å²) in [7, 11) is 3.50. The minimum absolute atomic E-state index is 0. The van der Waals surface area contributed by atoms with Gasteiger partial charge in [0.2, 0.25) is 0 Å². The molecule has 91 heavy (non-hydrogen) atoms. The van der Waals surface area contributed by atoms with Gasteiger partial charge in [-0.1, -0.05) is 64.6 Å². The Labute approximate surface area is 541 Å². The molecule has 0 spiro atoms. The molecule has 0 aliphatic carbocycles. The number of rotatable bonds is 17. The molecule has 0 bridgehead atoms. The van der Waals surface area contributed by atoms with Gasteiger partial charge in [0, 0.05) is 58.1 Å². The molecule has 2 aromatic carbocycles. The number of aryl methyl sites for hydroxylation is 4. The number of carbonyl (C=O) groups is 2. The van der Waals surface area contributed by atoms with Crippen LogP contribution in [0.15, 0.2) is 118 Å². The van der Waals surface area contributed by atoms with Crippen molar-refractivity contribution in [3.63, 3.8) is 0 Å². The maximum atomic E-state index is 13.6. The molecule has 0 aliphatic heterocycles. The predicted molar refractivity (Wildman–Crippen MR) is 317 cm³/mol. The molecule has 10 aromatic rings. The zero-order chi connectivity index (χ0) is 63.1. The molecule has 0 amide bonds. The first-order valence-electron chi connectivity index (χ1n) is 26.6. The number of benzene rings is 2. The van der Waals surface area contributed by atoms with Crippen molar-refractivity contribution < 1.29 is 85.2 Å². The summed E-state index contributed by atoms with van der Waals surface area (Å²) in [5, 5.41) is 8.45. The van der Waals surface area contributed by atoms with Crippen LogP contribution in [0.25, 0.3) is 45.1 Å². The van der Waals surface area contributed by atoms with Gasteiger partial charge in [-0.15, -0.1) is 6.20 Å². The Bertz CT molecular complexity index is 4410. The Balaban J connectivity index is 0.000000334. The largest absolute Gasteiger partial charge is 1.00 e. The first-order valence-corrected chi connectivity index (χ1v) is 27.1. The van der Waals surface area contributed by atoms with Gasteiger partial charge in [-0.05, 0) is 74.8 Å². The summed E-state index contributed by atoms with van der Waals surface area (Å²) in [4.78, 5) is 105. The summed E-state index contributed by atoms with van der Waals surface area (Å²) < 4.78 is 102. The number of nitrogens with zero attached hydrogens (tertiary/aromatic N) is 16. The van der Waals surface area contributed by atoms with Crippen molar-refractivity contribution >= 4 is 52.3 Å². The van der Waals surface area contributed by atoms with Crippen LogP contribution in [0, 0.1) is 0 Å². The summed E-state index contributed by atoms with van der Waals surface area (Å²) in [6, 6.07) is 9.24. The second kappa shape index (κ2) is 31.7. The molecule has 0 saturated carbocycles. The molecule has 8 heterocycles. The van der Waals surface area contributed by atoms with Crippen LogP contribution in [0.1, 0.15) is 93.8 Å². The molecule has 0 saturated heterocycles. The second-order valence-corrected chi connectivity index (χ2v) is 19.4. The van der Waals surface area contributed by atoms with Gasteiger partial charge >= 0.3 is 65.4 Å². The Morgan fingerprint density at radius 3 is 1.53 bits per heavy atom. The fraction of sp³-hybridized carbons (Fsp3) is 0.351. The van der Waals surface area contributed by atoms with Crippen molar-refractivity contribution in [3.05, 3.63) is 174 Å². The Morgan fingerprint density at radius 1 is 0.626 bits per heavy atom. The van der Waals surface area contributed by atoms with Crippen molar-refractivity contribution in [2.45, 2.75) is 114 Å². The topological polar surface area (TPSA) is 295 Å². The molecule has 0 unspecified atom stereocenters. The maximum Gasteiger partial charge on any atom is 1.00 e. The number of aromatic nitrogens is 16. The van der Waals surface area contributed by atoms with Crippen molar-refractivity contribution in [2.24, 2.45) is 14.1 Å². The summed E-state index contributed by atoms with van der Waals surface area (Å²) in [6.45, 7) is 7.39. The first kappa shape index (κ1) is 74.5. The van der Waals surface area contributed by atoms with Crippen LogP contribution in [-0.4, -0.2) is 106 Å². The van der Waals surface area contributed by atoms with Crippen LogP contribution in [0.2, 0.25) is 0 Å². The molecule has 0 aliphatic rings. The summed E-state index contributed by atoms with van der Waals surface area (Å²) in [5.41, 5.74) is -2.17. The van der Waals surface area contributed by atoms with E-state index in [0.717, 1.165) is 38.0 Å². The van der Waals surface area contributed by atoms with E-state index in [1.807, 2.05) is 6.92 Å². The van der Waals surface area contributed by atoms with Crippen molar-refractivity contribution in [2.75, 3.05) is 6.07 Å². The van der Waals surface area contributed by atoms with Gasteiger partial charge < -0.3 is 28.9 Å². The van der Waals surface area contributed by atoms with Gasteiger partial charge in [-0.3, -0.25) is 46.8 Å². The van der Waals surface area contributed by atoms with Gasteiger partial charge in [0.05, 0.1) is 60.4 Å². The zero-order valence-corrected chi connectivity index (χ0v) is 51.5. The molecule has 0 atom stereocenters. The number of fused-ring (bicyclic) bond motifs is 2. The average molecular weight is 1300 g/mol. The van der Waals surface area contributed by atoms with Crippen LogP contribution in [-0.2, 0) is 86.7 Å². The Kier molecular flexibility index (Phi) is 25.9. The van der Waals surface area contributed by atoms with Gasteiger partial charge in [0.1, 0.15) is 5.82 Å². The minimum atomic E-state index is -4.49. The molecular formula is C57H63ClF6N16NaO10-. The third-order valence-corrected chi connectivity index (χ3v) is 13.2. The average Bonchev–Trinajstić information content (AvgIpc) is 1.59. The van der Waals surface area contributed by atoms with Crippen molar-refractivity contribution in [1.82, 2.24) is 76.0 Å². The quantitative estimate of drug-likeness (QED) is 0.0374. The van der Waals surface area contributed by atoms with E-state index >= 15 is 0 Å². The number of hydrogen-bond donors (Lipinski definition) is 0. The van der Waals surface area contributed by atoms with Crippen LogP contribution < -0.4 is 52.1 Å². The van der Waals surface area contributed by atoms with E-state index in [9.17, 15) is 59.9 Å². The van der Waals surface area contributed by atoms with E-state index in [1.165, 1.54) is 72.4 Å². The Hall–Kier alpha value is -8.98. The number of halogens is 7. The first-order chi connectivity index (χ1) is 41.4. The number of esters is 1. The molecular weight excluding hydrogens is 1240 g/mol. The smallest absolute Gasteiger partial charge is 0.870 e. The van der Waals surface area contributed by atoms with E-state index < -0.39 is 70.8 Å². The van der Waals surface area contributed by atoms with Gasteiger partial charge in [0.15, 0.2) is 46.6 Å². The maximum absolute atomic E-state index is 13.6. The van der Waals surface area contributed by atoms with Crippen LogP contribution >= 0.6 is 11.6 Å². The van der Waals surface area contributed by atoms with E-state index in [-0.39, 0.29) is 134 Å². The van der Waals surface area contributed by atoms with Gasteiger partial charge in [-0.25, -0.2) is 38.7 Å². The van der Waals surface area contributed by atoms with Crippen molar-refractivity contribution in [1.29, 1.82) is 0 Å². The van der Waals surface area contributed by atoms with Gasteiger partial charge in [0.25, 0.3) is 11.1 Å². The Morgan fingerprint density at radius 2 is 1.10 bits per heavy atom. The molecule has 26 nitrogen and oxygen atoms in total. The molecule has 8 aromatic heterocycles. The fourth-order valence-corrected chi connectivity index (χ4v) is 9.24. The number of alkyl halides is 7. The molecule has 0 radical (unpaired) electrons. The van der Waals surface area contributed by atoms with E-state index in [1.54, 1.807) is 75.1 Å². The van der Waals surface area contributed by atoms with Crippen molar-refractivity contribution in [3.8, 4) is 22.8 Å². The number of hydrogen-bond acceptors (Lipinski definition) is 16. The summed E-state index contributed by atoms with van der Waals surface area (Å²) in [6.07, 6.45) is 4.62. The molecule has 10 rings (SSSR count). The standard InChI is InChI=1S/C27H27F3N8O4.C23H22ClF3N6O4.C5H5N2O.2CH4.Na.H2O/c1-4-9-37-24(39)21-23(36(5-2)26(37)41)33-22(38(21)16-42-25(40)20-14-34(3)15-31-20)18-11-32-35(13-18)12-17-7-6-8-19(10-17)27(28,29)30;1-3-8-32-20(34)17-19(31(4-2)21(32)35)29-18(33(17)22(36)37-13-24)15-10-28-30(12-15)11-14-6-5-7-16(9-14)23(25,26)27;1-7-2-5(3-8)6-4-7;;;;/h6-8,10-11,13-15H,4-5,9,12,16H2,1-3H3;5-7,9-10,12H,3-4,8,11,13H2,1-2H3;2,4H,1H3;2*1H4;;1H2/q;;-1;;;+1;/p-1. The second-order valence-electron chi connectivity index (χ2n) is 19.2. The molecule has 482 valence electrons. The number of ether oxygens (including phenoxy) is 2. The van der Waals surface area contributed by atoms with Crippen LogP contribution in [0.3, 0.4) is 0 Å². The summed E-state index contributed by atoms with van der Waals surface area (Å²) in [5.74, 6) is -0.586. The number of imidazole rings is 4.